The van der Waals surface area contributed by atoms with Crippen molar-refractivity contribution in [3.8, 4) is 0 Å². The number of carbonyl (C=O) groups is 1. The Labute approximate surface area is 140 Å². The minimum absolute atomic E-state index is 0.0430. The lowest BCUT2D eigenvalue weighted by molar-refractivity contribution is -0.121. The Bertz CT molecular complexity index is 674. The highest BCUT2D eigenvalue weighted by Crippen LogP contribution is 2.40. The molecule has 1 aliphatic carbocycles. The first-order valence-corrected chi connectivity index (χ1v) is 7.99. The molecule has 0 aromatic carbocycles. The first-order chi connectivity index (χ1) is 11.3. The summed E-state index contributed by atoms with van der Waals surface area (Å²) in [6.07, 6.45) is 1.40. The van der Waals surface area contributed by atoms with Crippen molar-refractivity contribution >= 4 is 11.5 Å². The minimum atomic E-state index is -1.09. The van der Waals surface area contributed by atoms with Crippen LogP contribution in [0.15, 0.2) is 24.7 Å². The number of pyridine rings is 1. The molecule has 130 valence electrons. The molecule has 1 saturated carbocycles. The maximum Gasteiger partial charge on any atom is 0.193 e. The number of rotatable bonds is 6. The van der Waals surface area contributed by atoms with Gasteiger partial charge in [0.1, 0.15) is 6.10 Å². The number of aliphatic hydroxyl groups excluding tert-OH is 2. The van der Waals surface area contributed by atoms with E-state index in [1.165, 1.54) is 6.20 Å². The summed E-state index contributed by atoms with van der Waals surface area (Å²) >= 11 is 0. The van der Waals surface area contributed by atoms with E-state index in [0.29, 0.717) is 29.7 Å². The van der Waals surface area contributed by atoms with Crippen molar-refractivity contribution in [2.24, 2.45) is 17.8 Å². The predicted octanol–water partition coefficient (Wildman–Crippen LogP) is 2.50. The number of nitrogens with one attached hydrogen (secondary N) is 1. The Morgan fingerprint density at radius 3 is 2.79 bits per heavy atom. The molecule has 1 aliphatic rings. The molecule has 0 radical (unpaired) electrons. The van der Waals surface area contributed by atoms with Crippen LogP contribution in [0.1, 0.15) is 42.7 Å². The monoisotopic (exact) mass is 334 g/mol. The zero-order valence-corrected chi connectivity index (χ0v) is 13.9. The molecule has 1 heterocycles. The summed E-state index contributed by atoms with van der Waals surface area (Å²) in [6, 6.07) is 1.59. The summed E-state index contributed by atoms with van der Waals surface area (Å²) in [5, 5.41) is 27.8. The van der Waals surface area contributed by atoms with Gasteiger partial charge < -0.3 is 15.6 Å². The summed E-state index contributed by atoms with van der Waals surface area (Å²) in [7, 11) is 0. The number of nitrogens with zero attached hydrogens (tertiary/aromatic N) is 1. The van der Waals surface area contributed by atoms with Gasteiger partial charge in [-0.15, -0.1) is 0 Å². The van der Waals surface area contributed by atoms with Gasteiger partial charge in [0.25, 0.3) is 0 Å². The zero-order chi connectivity index (χ0) is 18.0. The van der Waals surface area contributed by atoms with Crippen LogP contribution in [0.25, 0.3) is 0 Å². The van der Waals surface area contributed by atoms with Gasteiger partial charge in [-0.05, 0) is 37.3 Å². The van der Waals surface area contributed by atoms with Crippen molar-refractivity contribution in [1.82, 2.24) is 4.98 Å². The van der Waals surface area contributed by atoms with Crippen LogP contribution in [0.2, 0.25) is 0 Å². The third kappa shape index (κ3) is 3.44. The van der Waals surface area contributed by atoms with E-state index in [1.807, 2.05) is 6.92 Å². The maximum atomic E-state index is 13.2. The highest BCUT2D eigenvalue weighted by Gasteiger charge is 2.39. The van der Waals surface area contributed by atoms with Crippen molar-refractivity contribution < 1.29 is 19.4 Å². The Hall–Kier alpha value is -1.92. The van der Waals surface area contributed by atoms with Gasteiger partial charge in [0.15, 0.2) is 11.6 Å². The molecule has 0 saturated heterocycles. The lowest BCUT2D eigenvalue weighted by Crippen LogP contribution is -2.20. The van der Waals surface area contributed by atoms with Crippen molar-refractivity contribution in [2.45, 2.75) is 32.8 Å². The molecule has 0 spiro atoms. The third-order valence-electron chi connectivity index (χ3n) is 4.87. The summed E-state index contributed by atoms with van der Waals surface area (Å²) < 4.78 is 13.2. The van der Waals surface area contributed by atoms with E-state index in [0.717, 1.165) is 0 Å². The van der Waals surface area contributed by atoms with Crippen LogP contribution < -0.4 is 0 Å². The van der Waals surface area contributed by atoms with Crippen molar-refractivity contribution in [3.63, 3.8) is 0 Å². The summed E-state index contributed by atoms with van der Waals surface area (Å²) in [4.78, 5) is 16.1. The maximum absolute atomic E-state index is 13.2. The standard InChI is InChI=1S/C18H23FN2O3/c1-9-6-12(7-14(9)18(24)10(2)19)17(20)16-11(3)21-5-4-13(16)15(23)8-22/h4-5,9,12,14-15,20,22-23H,2,6-8H2,1,3H3/t9?,12?,14?,15-/m0/s1. The molecule has 6 heteroatoms. The van der Waals surface area contributed by atoms with Crippen LogP contribution in [-0.4, -0.2) is 33.3 Å². The molecule has 0 bridgehead atoms. The van der Waals surface area contributed by atoms with E-state index in [9.17, 15) is 19.4 Å². The lowest BCUT2D eigenvalue weighted by atomic mass is 9.88. The number of Topliss-reactive ketones (excluding diaryl/α,β-unsaturated/α-hetero) is 1. The molecular weight excluding hydrogens is 311 g/mol. The summed E-state index contributed by atoms with van der Waals surface area (Å²) in [5.41, 5.74) is 1.81. The Morgan fingerprint density at radius 2 is 2.21 bits per heavy atom. The van der Waals surface area contributed by atoms with E-state index in [-0.39, 0.29) is 17.5 Å². The van der Waals surface area contributed by atoms with E-state index >= 15 is 0 Å². The average Bonchev–Trinajstić information content (AvgIpc) is 2.94. The number of allylic oxidation sites excluding steroid dienone is 1. The van der Waals surface area contributed by atoms with Gasteiger partial charge in [-0.2, -0.15) is 0 Å². The molecule has 3 N–H and O–H groups in total. The fraction of sp³-hybridized carbons (Fsp3) is 0.500. The first kappa shape index (κ1) is 18.4. The second-order valence-electron chi connectivity index (χ2n) is 6.49. The molecule has 24 heavy (non-hydrogen) atoms. The average molecular weight is 334 g/mol. The van der Waals surface area contributed by atoms with Crippen LogP contribution in [0.5, 0.6) is 0 Å². The Kier molecular flexibility index (Phi) is 5.62. The highest BCUT2D eigenvalue weighted by molar-refractivity contribution is 6.03. The summed E-state index contributed by atoms with van der Waals surface area (Å²) in [5.74, 6) is -2.26. The van der Waals surface area contributed by atoms with E-state index in [2.05, 4.69) is 11.6 Å². The first-order valence-electron chi connectivity index (χ1n) is 7.99. The number of ketones is 1. The number of aliphatic hydroxyl groups is 2. The number of carbonyl (C=O) groups excluding carboxylic acids is 1. The SMILES string of the molecule is C=C(F)C(=O)C1CC(C(=N)c2c([C@@H](O)CO)ccnc2C)CC1C. The fourth-order valence-corrected chi connectivity index (χ4v) is 3.57. The minimum Gasteiger partial charge on any atom is -0.393 e. The van der Waals surface area contributed by atoms with Crippen molar-refractivity contribution in [1.29, 1.82) is 5.41 Å². The lowest BCUT2D eigenvalue weighted by Gasteiger charge is -2.19. The van der Waals surface area contributed by atoms with Crippen LogP contribution in [0, 0.1) is 30.1 Å². The van der Waals surface area contributed by atoms with Gasteiger partial charge in [-0.3, -0.25) is 9.78 Å². The van der Waals surface area contributed by atoms with Crippen molar-refractivity contribution in [3.05, 3.63) is 41.5 Å². The molecule has 1 fully saturated rings. The van der Waals surface area contributed by atoms with Gasteiger partial charge >= 0.3 is 0 Å². The van der Waals surface area contributed by atoms with Crippen LogP contribution in [-0.2, 0) is 4.79 Å². The molecule has 0 amide bonds. The van der Waals surface area contributed by atoms with Gasteiger partial charge in [0, 0.05) is 35.0 Å². The Morgan fingerprint density at radius 1 is 1.54 bits per heavy atom. The van der Waals surface area contributed by atoms with Gasteiger partial charge in [0.05, 0.1) is 6.61 Å². The quantitative estimate of drug-likeness (QED) is 0.550. The topological polar surface area (TPSA) is 94.3 Å². The molecule has 2 rings (SSSR count). The molecule has 1 aromatic heterocycles. The number of aromatic nitrogens is 1. The molecule has 3 unspecified atom stereocenters. The number of hydrogen-bond acceptors (Lipinski definition) is 5. The van der Waals surface area contributed by atoms with E-state index in [1.54, 1.807) is 13.0 Å². The van der Waals surface area contributed by atoms with E-state index < -0.39 is 30.2 Å². The molecule has 1 aromatic rings. The molecular formula is C18H23FN2O3. The molecule has 5 nitrogen and oxygen atoms in total. The van der Waals surface area contributed by atoms with Crippen LogP contribution >= 0.6 is 0 Å². The van der Waals surface area contributed by atoms with Gasteiger partial charge in [0.2, 0.25) is 0 Å². The largest absolute Gasteiger partial charge is 0.393 e. The normalized spacial score (nSPS) is 24.6. The zero-order valence-electron chi connectivity index (χ0n) is 13.9. The number of hydrogen-bond donors (Lipinski definition) is 3. The second kappa shape index (κ2) is 7.32. The Balaban J connectivity index is 2.31. The van der Waals surface area contributed by atoms with Gasteiger partial charge in [-0.25, -0.2) is 4.39 Å². The van der Waals surface area contributed by atoms with Gasteiger partial charge in [-0.1, -0.05) is 13.5 Å². The van der Waals surface area contributed by atoms with Crippen LogP contribution in [0.3, 0.4) is 0 Å². The predicted molar refractivity (Wildman–Crippen MR) is 88.5 cm³/mol. The number of halogens is 1. The smallest absolute Gasteiger partial charge is 0.193 e. The summed E-state index contributed by atoms with van der Waals surface area (Å²) in [6.45, 7) is 6.24. The molecule has 4 atom stereocenters. The highest BCUT2D eigenvalue weighted by atomic mass is 19.1. The van der Waals surface area contributed by atoms with Crippen LogP contribution in [0.4, 0.5) is 4.39 Å². The second-order valence-corrected chi connectivity index (χ2v) is 6.49. The third-order valence-corrected chi connectivity index (χ3v) is 4.87. The fourth-order valence-electron chi connectivity index (χ4n) is 3.57. The molecule has 0 aliphatic heterocycles. The number of aryl methyl sites for hydroxylation is 1. The van der Waals surface area contributed by atoms with Crippen molar-refractivity contribution in [2.75, 3.05) is 6.61 Å². The van der Waals surface area contributed by atoms with E-state index in [4.69, 9.17) is 5.41 Å².